The van der Waals surface area contributed by atoms with Crippen LogP contribution >= 0.6 is 0 Å². The van der Waals surface area contributed by atoms with Crippen molar-refractivity contribution >= 4 is 29.4 Å². The summed E-state index contributed by atoms with van der Waals surface area (Å²) in [6.07, 6.45) is 4.49. The summed E-state index contributed by atoms with van der Waals surface area (Å²) in [5.74, 6) is 1.02. The number of nitrogens with one attached hydrogen (secondary N) is 2. The Morgan fingerprint density at radius 3 is 2.34 bits per heavy atom. The highest BCUT2D eigenvalue weighted by atomic mass is 16.6. The molecule has 244 valence electrons. The number of ether oxygens (including phenoxy) is 2. The third kappa shape index (κ3) is 6.66. The molecule has 3 aromatic heterocycles. The van der Waals surface area contributed by atoms with Gasteiger partial charge in [-0.1, -0.05) is 60.7 Å². The molecule has 0 spiro atoms. The number of aliphatic hydroxyl groups is 1. The van der Waals surface area contributed by atoms with E-state index in [2.05, 4.69) is 45.1 Å². The third-order valence-corrected chi connectivity index (χ3v) is 9.01. The van der Waals surface area contributed by atoms with Gasteiger partial charge in [0.05, 0.1) is 25.3 Å². The molecule has 4 atom stereocenters. The lowest BCUT2D eigenvalue weighted by molar-refractivity contribution is -0.140. The number of imidazole rings is 1. The van der Waals surface area contributed by atoms with Crippen LogP contribution in [0.2, 0.25) is 0 Å². The van der Waals surface area contributed by atoms with Crippen LogP contribution in [0, 0.1) is 0 Å². The Bertz CT molecular complexity index is 1710. The van der Waals surface area contributed by atoms with Crippen LogP contribution in [0.1, 0.15) is 49.0 Å². The number of hydrogen-bond donors (Lipinski definition) is 4. The van der Waals surface area contributed by atoms with Crippen LogP contribution in [0.4, 0.5) is 11.8 Å². The van der Waals surface area contributed by atoms with E-state index in [0.29, 0.717) is 35.9 Å². The molecule has 1 aliphatic heterocycles. The maximum absolute atomic E-state index is 11.4. The largest absolute Gasteiger partial charge is 0.459 e. The molecule has 0 unspecified atom stereocenters. The fraction of sp³-hybridized carbons (Fsp3) is 0.394. The summed E-state index contributed by atoms with van der Waals surface area (Å²) in [6.45, 7) is 1.03. The second kappa shape index (κ2) is 13.8. The van der Waals surface area contributed by atoms with E-state index < -0.39 is 24.5 Å². The number of benzene rings is 2. The Kier molecular flexibility index (Phi) is 9.04. The Labute approximate surface area is 271 Å². The number of anilines is 2. The Balaban J connectivity index is 1.23. The van der Waals surface area contributed by atoms with Gasteiger partial charge in [-0.3, -0.25) is 9.36 Å². The molecule has 14 heteroatoms. The summed E-state index contributed by atoms with van der Waals surface area (Å²) in [4.78, 5) is 27.3. The number of carbonyl (C=O) groups excluding carboxylic acids is 1. The van der Waals surface area contributed by atoms with Crippen molar-refractivity contribution in [2.45, 2.75) is 74.8 Å². The number of aromatic nitrogens is 7. The normalized spacial score (nSPS) is 24.4. The fourth-order valence-corrected chi connectivity index (χ4v) is 6.56. The van der Waals surface area contributed by atoms with Crippen LogP contribution in [-0.4, -0.2) is 83.0 Å². The molecule has 2 fully saturated rings. The summed E-state index contributed by atoms with van der Waals surface area (Å²) in [5.41, 5.74) is 9.48. The van der Waals surface area contributed by atoms with Gasteiger partial charge >= 0.3 is 0 Å². The topological polar surface area (TPSA) is 180 Å². The van der Waals surface area contributed by atoms with Crippen molar-refractivity contribution in [3.05, 3.63) is 90.5 Å². The van der Waals surface area contributed by atoms with Gasteiger partial charge in [-0.2, -0.15) is 25.0 Å². The van der Waals surface area contributed by atoms with Crippen molar-refractivity contribution in [3.8, 4) is 0 Å². The van der Waals surface area contributed by atoms with Crippen LogP contribution in [0.3, 0.4) is 0 Å². The maximum atomic E-state index is 11.4. The molecule has 4 heterocycles. The molecule has 1 aliphatic carbocycles. The molecule has 0 amide bonds. The smallest absolute Gasteiger partial charge is 0.293 e. The fourth-order valence-electron chi connectivity index (χ4n) is 6.56. The molecule has 2 aliphatic rings. The second-order valence-corrected chi connectivity index (χ2v) is 12.1. The van der Waals surface area contributed by atoms with E-state index >= 15 is 0 Å². The lowest BCUT2D eigenvalue weighted by Gasteiger charge is -2.27. The van der Waals surface area contributed by atoms with Crippen LogP contribution in [0.25, 0.3) is 11.2 Å². The summed E-state index contributed by atoms with van der Waals surface area (Å²) in [5, 5.41) is 26.7. The molecule has 47 heavy (non-hydrogen) atoms. The van der Waals surface area contributed by atoms with Gasteiger partial charge in [0.15, 0.2) is 29.3 Å². The summed E-state index contributed by atoms with van der Waals surface area (Å²) in [6, 6.07) is 21.0. The molecule has 0 bridgehead atoms. The minimum absolute atomic E-state index is 0.0404. The second-order valence-electron chi connectivity index (χ2n) is 12.1. The first-order chi connectivity index (χ1) is 23.1. The summed E-state index contributed by atoms with van der Waals surface area (Å²) >= 11 is 0. The first-order valence-corrected chi connectivity index (χ1v) is 15.9. The van der Waals surface area contributed by atoms with Crippen LogP contribution < -0.4 is 16.4 Å². The Morgan fingerprint density at radius 2 is 1.68 bits per heavy atom. The van der Waals surface area contributed by atoms with Crippen molar-refractivity contribution in [1.82, 2.24) is 34.5 Å². The number of nitrogens with zero attached hydrogens (tertiary/aromatic N) is 7. The predicted octanol–water partition coefficient (Wildman–Crippen LogP) is 2.84. The molecule has 1 saturated carbocycles. The minimum Gasteiger partial charge on any atom is -0.459 e. The number of hydrogen-bond acceptors (Lipinski definition) is 12. The van der Waals surface area contributed by atoms with E-state index in [1.54, 1.807) is 23.3 Å². The summed E-state index contributed by atoms with van der Waals surface area (Å²) < 4.78 is 13.3. The van der Waals surface area contributed by atoms with Gasteiger partial charge < -0.3 is 30.9 Å². The van der Waals surface area contributed by atoms with E-state index in [-0.39, 0.29) is 24.5 Å². The van der Waals surface area contributed by atoms with Crippen molar-refractivity contribution in [3.63, 3.8) is 0 Å². The van der Waals surface area contributed by atoms with Gasteiger partial charge in [0.25, 0.3) is 6.47 Å². The molecule has 2 aromatic carbocycles. The summed E-state index contributed by atoms with van der Waals surface area (Å²) in [7, 11) is 0. The minimum atomic E-state index is -1.21. The zero-order valence-electron chi connectivity index (χ0n) is 25.7. The quantitative estimate of drug-likeness (QED) is 0.147. The number of nitrogens with two attached hydrogens (primary N) is 1. The monoisotopic (exact) mass is 638 g/mol. The molecule has 1 saturated heterocycles. The van der Waals surface area contributed by atoms with Crippen LogP contribution in [-0.2, 0) is 20.8 Å². The van der Waals surface area contributed by atoms with Gasteiger partial charge in [-0.05, 0) is 36.8 Å². The van der Waals surface area contributed by atoms with Crippen LogP contribution in [0.5, 0.6) is 0 Å². The van der Waals surface area contributed by atoms with E-state index in [9.17, 15) is 9.90 Å². The first-order valence-electron chi connectivity index (χ1n) is 15.9. The average molecular weight is 639 g/mol. The Morgan fingerprint density at radius 1 is 1.00 bits per heavy atom. The highest BCUT2D eigenvalue weighted by Crippen LogP contribution is 2.35. The van der Waals surface area contributed by atoms with Gasteiger partial charge in [-0.25, -0.2) is 4.98 Å². The van der Waals surface area contributed by atoms with Crippen LogP contribution in [0.15, 0.2) is 79.4 Å². The average Bonchev–Trinajstić information content (AvgIpc) is 3.84. The molecule has 7 rings (SSSR count). The number of fused-ring (bicyclic) bond motifs is 1. The number of aliphatic hydroxyl groups excluding tert-OH is 1. The molecular weight excluding hydrogens is 600 g/mol. The van der Waals surface area contributed by atoms with Gasteiger partial charge in [0.2, 0.25) is 5.95 Å². The van der Waals surface area contributed by atoms with Crippen molar-refractivity contribution < 1.29 is 19.4 Å². The van der Waals surface area contributed by atoms with Crippen molar-refractivity contribution in [2.24, 2.45) is 5.73 Å². The van der Waals surface area contributed by atoms with Crippen molar-refractivity contribution in [1.29, 1.82) is 0 Å². The standard InChI is InChI=1S/C33H38N10O4/c34-23-11-13-24(14-12-23)39-33-40-30(35-17-25(21-7-3-1-4-8-21)22-9-5-2-6-10-22)27-31(41-33)42(19-36-27)32-28(45)29(46-20-44)26(47-32)18-43-37-15-16-38-43/h1-10,15-16,19-20,23-26,28-29,32,45H,11-14,17-18,34H2,(H2,35,39,40,41)/t23?,24?,26-,28-,29-,32-/m1/s1. The van der Waals surface area contributed by atoms with Gasteiger partial charge in [0.1, 0.15) is 12.2 Å². The number of rotatable bonds is 12. The van der Waals surface area contributed by atoms with Gasteiger partial charge in [0, 0.05) is 24.5 Å². The van der Waals surface area contributed by atoms with Crippen molar-refractivity contribution in [2.75, 3.05) is 17.2 Å². The first kappa shape index (κ1) is 30.7. The number of carbonyl (C=O) groups is 1. The van der Waals surface area contributed by atoms with Gasteiger partial charge in [-0.15, -0.1) is 0 Å². The highest BCUT2D eigenvalue weighted by Gasteiger charge is 2.47. The third-order valence-electron chi connectivity index (χ3n) is 9.01. The van der Waals surface area contributed by atoms with E-state index in [1.807, 2.05) is 36.4 Å². The zero-order valence-corrected chi connectivity index (χ0v) is 25.7. The maximum Gasteiger partial charge on any atom is 0.293 e. The Hall–Kier alpha value is -4.92. The van der Waals surface area contributed by atoms with E-state index in [1.165, 1.54) is 15.9 Å². The zero-order chi connectivity index (χ0) is 32.2. The molecule has 5 aromatic rings. The lowest BCUT2D eigenvalue weighted by Crippen LogP contribution is -2.36. The lowest BCUT2D eigenvalue weighted by atomic mass is 9.91. The molecule has 5 N–H and O–H groups in total. The molecular formula is C33H38N10O4. The highest BCUT2D eigenvalue weighted by molar-refractivity contribution is 5.84. The SMILES string of the molecule is NC1CCC(Nc2nc(NCC(c3ccccc3)c3ccccc3)c3ncn([C@@H]4O[C@H](Cn5nccn5)[C@@H](OC=O)[C@H]4O)c3n2)CC1. The molecule has 14 nitrogen and oxygen atoms in total. The van der Waals surface area contributed by atoms with E-state index in [4.69, 9.17) is 30.2 Å². The molecule has 0 radical (unpaired) electrons. The predicted molar refractivity (Wildman–Crippen MR) is 173 cm³/mol. The van der Waals surface area contributed by atoms with E-state index in [0.717, 1.165) is 25.7 Å².